The van der Waals surface area contributed by atoms with Crippen LogP contribution in [0.5, 0.6) is 0 Å². The number of rotatable bonds is 5. The van der Waals surface area contributed by atoms with E-state index in [9.17, 15) is 0 Å². The first-order valence-corrected chi connectivity index (χ1v) is 7.54. The standard InChI is InChI=1S/C16H27NO/c1-13(12-16-10-7-11-18-16)17-14(2)15-8-5-3-4-6-9-15/h7,10-11,13-15,17H,3-6,8-9,12H2,1-2H3/t13?,14-/m1/s1. The van der Waals surface area contributed by atoms with Crippen molar-refractivity contribution in [2.24, 2.45) is 5.92 Å². The Balaban J connectivity index is 1.76. The van der Waals surface area contributed by atoms with E-state index in [0.717, 1.165) is 18.1 Å². The lowest BCUT2D eigenvalue weighted by atomic mass is 9.92. The predicted molar refractivity (Wildman–Crippen MR) is 75.7 cm³/mol. The molecular weight excluding hydrogens is 222 g/mol. The number of hydrogen-bond donors (Lipinski definition) is 1. The number of nitrogens with one attached hydrogen (secondary N) is 1. The van der Waals surface area contributed by atoms with Crippen LogP contribution in [0.2, 0.25) is 0 Å². The molecule has 0 aliphatic heterocycles. The summed E-state index contributed by atoms with van der Waals surface area (Å²) in [6.07, 6.45) is 11.3. The van der Waals surface area contributed by atoms with E-state index in [2.05, 4.69) is 25.2 Å². The minimum absolute atomic E-state index is 0.495. The fourth-order valence-electron chi connectivity index (χ4n) is 3.19. The number of furan rings is 1. The quantitative estimate of drug-likeness (QED) is 0.793. The molecule has 1 aliphatic carbocycles. The Hall–Kier alpha value is -0.760. The van der Waals surface area contributed by atoms with Crippen LogP contribution in [0.3, 0.4) is 0 Å². The molecule has 0 bridgehead atoms. The molecule has 2 atom stereocenters. The molecule has 0 saturated heterocycles. The van der Waals surface area contributed by atoms with Crippen molar-refractivity contribution in [3.05, 3.63) is 24.2 Å². The van der Waals surface area contributed by atoms with Gasteiger partial charge >= 0.3 is 0 Å². The van der Waals surface area contributed by atoms with Gasteiger partial charge in [-0.2, -0.15) is 0 Å². The van der Waals surface area contributed by atoms with E-state index < -0.39 is 0 Å². The molecule has 1 aromatic rings. The van der Waals surface area contributed by atoms with E-state index >= 15 is 0 Å². The normalized spacial score (nSPS) is 21.4. The van der Waals surface area contributed by atoms with Crippen molar-refractivity contribution in [2.45, 2.75) is 70.9 Å². The van der Waals surface area contributed by atoms with E-state index in [1.807, 2.05) is 6.07 Å². The van der Waals surface area contributed by atoms with Crippen LogP contribution in [0.4, 0.5) is 0 Å². The average Bonchev–Trinajstić information content (AvgIpc) is 2.68. The molecular formula is C16H27NO. The average molecular weight is 249 g/mol. The van der Waals surface area contributed by atoms with Crippen LogP contribution >= 0.6 is 0 Å². The topological polar surface area (TPSA) is 25.2 Å². The molecule has 1 aliphatic rings. The van der Waals surface area contributed by atoms with Gasteiger partial charge < -0.3 is 9.73 Å². The van der Waals surface area contributed by atoms with Crippen LogP contribution in [-0.2, 0) is 6.42 Å². The second kappa shape index (κ2) is 6.98. The van der Waals surface area contributed by atoms with Gasteiger partial charge in [-0.25, -0.2) is 0 Å². The lowest BCUT2D eigenvalue weighted by Crippen LogP contribution is -2.40. The van der Waals surface area contributed by atoms with Crippen molar-refractivity contribution in [1.82, 2.24) is 5.32 Å². The highest BCUT2D eigenvalue weighted by Gasteiger charge is 2.20. The summed E-state index contributed by atoms with van der Waals surface area (Å²) in [6.45, 7) is 4.62. The van der Waals surface area contributed by atoms with E-state index in [4.69, 9.17) is 4.42 Å². The Morgan fingerprint density at radius 1 is 1.22 bits per heavy atom. The Labute approximate surface area is 111 Å². The fraction of sp³-hybridized carbons (Fsp3) is 0.750. The Morgan fingerprint density at radius 3 is 2.56 bits per heavy atom. The number of hydrogen-bond acceptors (Lipinski definition) is 2. The van der Waals surface area contributed by atoms with E-state index in [1.54, 1.807) is 6.26 Å². The molecule has 0 radical (unpaired) electrons. The van der Waals surface area contributed by atoms with Gasteiger partial charge in [-0.3, -0.25) is 0 Å². The summed E-state index contributed by atoms with van der Waals surface area (Å²) in [5, 5.41) is 3.76. The summed E-state index contributed by atoms with van der Waals surface area (Å²) in [7, 11) is 0. The third kappa shape index (κ3) is 4.16. The highest BCUT2D eigenvalue weighted by molar-refractivity contribution is 5.00. The molecule has 0 aromatic carbocycles. The van der Waals surface area contributed by atoms with E-state index in [-0.39, 0.29) is 0 Å². The molecule has 18 heavy (non-hydrogen) atoms. The molecule has 2 nitrogen and oxygen atoms in total. The Bertz CT molecular complexity index is 312. The van der Waals surface area contributed by atoms with Crippen molar-refractivity contribution >= 4 is 0 Å². The van der Waals surface area contributed by atoms with Gasteiger partial charge in [0.15, 0.2) is 0 Å². The lowest BCUT2D eigenvalue weighted by molar-refractivity contribution is 0.308. The first kappa shape index (κ1) is 13.7. The first-order valence-electron chi connectivity index (χ1n) is 7.54. The molecule has 0 amide bonds. The first-order chi connectivity index (χ1) is 8.75. The minimum Gasteiger partial charge on any atom is -0.469 e. The maximum absolute atomic E-state index is 5.41. The molecule has 1 aromatic heterocycles. The maximum atomic E-state index is 5.41. The smallest absolute Gasteiger partial charge is 0.105 e. The van der Waals surface area contributed by atoms with Gasteiger partial charge in [0.2, 0.25) is 0 Å². The fourth-order valence-corrected chi connectivity index (χ4v) is 3.19. The van der Waals surface area contributed by atoms with Crippen molar-refractivity contribution in [3.63, 3.8) is 0 Å². The molecule has 2 heteroatoms. The van der Waals surface area contributed by atoms with Crippen molar-refractivity contribution in [3.8, 4) is 0 Å². The highest BCUT2D eigenvalue weighted by atomic mass is 16.3. The molecule has 1 N–H and O–H groups in total. The van der Waals surface area contributed by atoms with Gasteiger partial charge in [-0.15, -0.1) is 0 Å². The van der Waals surface area contributed by atoms with Crippen molar-refractivity contribution < 1.29 is 4.42 Å². The monoisotopic (exact) mass is 249 g/mol. The van der Waals surface area contributed by atoms with Gasteiger partial charge in [-0.1, -0.05) is 25.7 Å². The molecule has 102 valence electrons. The van der Waals surface area contributed by atoms with Crippen LogP contribution < -0.4 is 5.32 Å². The van der Waals surface area contributed by atoms with Crippen molar-refractivity contribution in [2.75, 3.05) is 0 Å². The summed E-state index contributed by atoms with van der Waals surface area (Å²) in [4.78, 5) is 0. The van der Waals surface area contributed by atoms with E-state index in [1.165, 1.54) is 38.5 Å². The molecule has 1 unspecified atom stereocenters. The lowest BCUT2D eigenvalue weighted by Gasteiger charge is -2.27. The summed E-state index contributed by atoms with van der Waals surface area (Å²) >= 11 is 0. The predicted octanol–water partition coefficient (Wildman–Crippen LogP) is 4.16. The zero-order valence-electron chi connectivity index (χ0n) is 11.8. The Morgan fingerprint density at radius 2 is 1.94 bits per heavy atom. The third-order valence-electron chi connectivity index (χ3n) is 4.24. The maximum Gasteiger partial charge on any atom is 0.105 e. The summed E-state index contributed by atoms with van der Waals surface area (Å²) in [5.74, 6) is 1.95. The second-order valence-electron chi connectivity index (χ2n) is 5.89. The minimum atomic E-state index is 0.495. The largest absolute Gasteiger partial charge is 0.469 e. The molecule has 0 spiro atoms. The summed E-state index contributed by atoms with van der Waals surface area (Å²) < 4.78 is 5.41. The zero-order chi connectivity index (χ0) is 12.8. The zero-order valence-corrected chi connectivity index (χ0v) is 11.8. The van der Waals surface area contributed by atoms with Gasteiger partial charge in [0.25, 0.3) is 0 Å². The summed E-state index contributed by atoms with van der Waals surface area (Å²) in [6, 6.07) is 5.16. The van der Waals surface area contributed by atoms with Gasteiger partial charge in [0, 0.05) is 18.5 Å². The van der Waals surface area contributed by atoms with Gasteiger partial charge in [0.05, 0.1) is 6.26 Å². The van der Waals surface area contributed by atoms with Gasteiger partial charge in [0.1, 0.15) is 5.76 Å². The Kier molecular flexibility index (Phi) is 5.30. The van der Waals surface area contributed by atoms with Crippen LogP contribution in [0.1, 0.15) is 58.1 Å². The highest BCUT2D eigenvalue weighted by Crippen LogP contribution is 2.25. The van der Waals surface area contributed by atoms with Crippen LogP contribution in [-0.4, -0.2) is 12.1 Å². The SMILES string of the molecule is CC(Cc1ccco1)N[C@H](C)C1CCCCCC1. The van der Waals surface area contributed by atoms with Crippen LogP contribution in [0, 0.1) is 5.92 Å². The second-order valence-corrected chi connectivity index (χ2v) is 5.89. The molecule has 1 fully saturated rings. The molecule has 1 saturated carbocycles. The van der Waals surface area contributed by atoms with Gasteiger partial charge in [-0.05, 0) is 44.7 Å². The third-order valence-corrected chi connectivity index (χ3v) is 4.24. The molecule has 2 rings (SSSR count). The van der Waals surface area contributed by atoms with Crippen molar-refractivity contribution in [1.29, 1.82) is 0 Å². The van der Waals surface area contributed by atoms with Crippen LogP contribution in [0.15, 0.2) is 22.8 Å². The van der Waals surface area contributed by atoms with E-state index in [0.29, 0.717) is 12.1 Å². The summed E-state index contributed by atoms with van der Waals surface area (Å²) in [5.41, 5.74) is 0. The molecule has 1 heterocycles. The van der Waals surface area contributed by atoms with Crippen LogP contribution in [0.25, 0.3) is 0 Å².